The summed E-state index contributed by atoms with van der Waals surface area (Å²) in [5, 5.41) is 0.855. The van der Waals surface area contributed by atoms with Crippen molar-refractivity contribution >= 4 is 17.2 Å². The molecule has 13 heavy (non-hydrogen) atoms. The molecule has 1 aromatic rings. The molecule has 0 saturated heterocycles. The highest BCUT2D eigenvalue weighted by molar-refractivity contribution is 6.37. The molecule has 0 aliphatic heterocycles. The molecule has 1 aliphatic rings. The largest absolute Gasteiger partial charge is 0.0840 e. The molecule has 0 N–H and O–H groups in total. The van der Waals surface area contributed by atoms with Crippen LogP contribution in [0, 0.1) is 6.42 Å². The molecule has 2 rings (SSSR count). The van der Waals surface area contributed by atoms with Crippen LogP contribution in [0.1, 0.15) is 12.0 Å². The van der Waals surface area contributed by atoms with E-state index in [-0.39, 0.29) is 0 Å². The molecule has 0 amide bonds. The first-order valence-electron chi connectivity index (χ1n) is 4.33. The Morgan fingerprint density at radius 2 is 1.85 bits per heavy atom. The van der Waals surface area contributed by atoms with E-state index in [9.17, 15) is 0 Å². The van der Waals surface area contributed by atoms with E-state index >= 15 is 0 Å². The van der Waals surface area contributed by atoms with Crippen molar-refractivity contribution in [2.75, 3.05) is 0 Å². The van der Waals surface area contributed by atoms with Gasteiger partial charge in [0.1, 0.15) is 0 Å². The summed E-state index contributed by atoms with van der Waals surface area (Å²) in [7, 11) is 0. The summed E-state index contributed by atoms with van der Waals surface area (Å²) >= 11 is 6.09. The second kappa shape index (κ2) is 3.80. The summed E-state index contributed by atoms with van der Waals surface area (Å²) in [6.07, 6.45) is 7.17. The standard InChI is InChI=1S/C12H10Cl/c13-12-9-5-4-8-11(12)10-6-2-1-3-7-10/h1-4,6-9H,5H2. The number of benzene rings is 1. The van der Waals surface area contributed by atoms with Gasteiger partial charge in [0.25, 0.3) is 0 Å². The third-order valence-electron chi connectivity index (χ3n) is 2.06. The highest BCUT2D eigenvalue weighted by atomic mass is 35.5. The lowest BCUT2D eigenvalue weighted by Gasteiger charge is -2.10. The summed E-state index contributed by atoms with van der Waals surface area (Å²) in [6, 6.07) is 10.2. The fourth-order valence-corrected chi connectivity index (χ4v) is 1.66. The second-order valence-corrected chi connectivity index (χ2v) is 3.38. The van der Waals surface area contributed by atoms with Crippen LogP contribution in [0.2, 0.25) is 0 Å². The fraction of sp³-hybridized carbons (Fsp3) is 0.0833. The van der Waals surface area contributed by atoms with Crippen LogP contribution >= 0.6 is 11.6 Å². The van der Waals surface area contributed by atoms with Gasteiger partial charge in [-0.05, 0) is 24.0 Å². The van der Waals surface area contributed by atoms with Gasteiger partial charge in [0.2, 0.25) is 0 Å². The average molecular weight is 190 g/mol. The van der Waals surface area contributed by atoms with Gasteiger partial charge in [-0.3, -0.25) is 0 Å². The van der Waals surface area contributed by atoms with E-state index in [2.05, 4.69) is 24.6 Å². The zero-order chi connectivity index (χ0) is 9.10. The van der Waals surface area contributed by atoms with Gasteiger partial charge in [0.05, 0.1) is 0 Å². The molecule has 0 heterocycles. The minimum Gasteiger partial charge on any atom is -0.0840 e. The summed E-state index contributed by atoms with van der Waals surface area (Å²) in [5.74, 6) is 0. The average Bonchev–Trinajstić information content (AvgIpc) is 2.20. The molecule has 0 fully saturated rings. The van der Waals surface area contributed by atoms with Crippen molar-refractivity contribution in [1.82, 2.24) is 0 Å². The Kier molecular flexibility index (Phi) is 2.51. The molecule has 0 unspecified atom stereocenters. The Balaban J connectivity index is 2.37. The molecule has 0 atom stereocenters. The highest BCUT2D eigenvalue weighted by Gasteiger charge is 2.07. The maximum absolute atomic E-state index is 6.09. The third kappa shape index (κ3) is 1.84. The first-order chi connectivity index (χ1) is 6.38. The van der Waals surface area contributed by atoms with E-state index in [1.54, 1.807) is 0 Å². The van der Waals surface area contributed by atoms with Crippen LogP contribution < -0.4 is 0 Å². The number of allylic oxidation sites excluding steroid dienone is 4. The van der Waals surface area contributed by atoms with Gasteiger partial charge in [-0.1, -0.05) is 54.1 Å². The van der Waals surface area contributed by atoms with Crippen molar-refractivity contribution < 1.29 is 0 Å². The second-order valence-electron chi connectivity index (χ2n) is 2.97. The van der Waals surface area contributed by atoms with Crippen molar-refractivity contribution in [3.8, 4) is 0 Å². The van der Waals surface area contributed by atoms with Crippen molar-refractivity contribution in [3.05, 3.63) is 59.5 Å². The number of hydrogen-bond donors (Lipinski definition) is 0. The van der Waals surface area contributed by atoms with Gasteiger partial charge < -0.3 is 0 Å². The highest BCUT2D eigenvalue weighted by Crippen LogP contribution is 2.29. The summed E-state index contributed by atoms with van der Waals surface area (Å²) in [6.45, 7) is 0. The van der Waals surface area contributed by atoms with Gasteiger partial charge in [0.15, 0.2) is 0 Å². The van der Waals surface area contributed by atoms with Crippen LogP contribution in [-0.2, 0) is 0 Å². The van der Waals surface area contributed by atoms with Crippen LogP contribution in [0.4, 0.5) is 0 Å². The monoisotopic (exact) mass is 189 g/mol. The van der Waals surface area contributed by atoms with Crippen molar-refractivity contribution in [2.24, 2.45) is 0 Å². The molecule has 1 aliphatic carbocycles. The molecule has 65 valence electrons. The van der Waals surface area contributed by atoms with Crippen LogP contribution in [0.15, 0.2) is 47.5 Å². The molecule has 1 radical (unpaired) electrons. The quantitative estimate of drug-likeness (QED) is 0.631. The van der Waals surface area contributed by atoms with Gasteiger partial charge in [0, 0.05) is 5.03 Å². The SMILES string of the molecule is ClC1=CC[CH]C=C1c1ccccc1. The zero-order valence-corrected chi connectivity index (χ0v) is 7.96. The molecule has 0 bridgehead atoms. The Morgan fingerprint density at radius 1 is 1.08 bits per heavy atom. The maximum atomic E-state index is 6.09. The lowest BCUT2D eigenvalue weighted by Crippen LogP contribution is -1.89. The Labute approximate surface area is 83.5 Å². The smallest absolute Gasteiger partial charge is 0.0441 e. The minimum absolute atomic E-state index is 0.855. The molecule has 0 spiro atoms. The third-order valence-corrected chi connectivity index (χ3v) is 2.42. The van der Waals surface area contributed by atoms with Crippen LogP contribution in [0.25, 0.3) is 5.57 Å². The molecule has 0 nitrogen and oxygen atoms in total. The van der Waals surface area contributed by atoms with E-state index in [0.717, 1.165) is 17.0 Å². The van der Waals surface area contributed by atoms with Crippen molar-refractivity contribution in [1.29, 1.82) is 0 Å². The zero-order valence-electron chi connectivity index (χ0n) is 7.20. The van der Waals surface area contributed by atoms with Gasteiger partial charge in [-0.2, -0.15) is 0 Å². The van der Waals surface area contributed by atoms with E-state index < -0.39 is 0 Å². The molecule has 1 aromatic carbocycles. The van der Waals surface area contributed by atoms with E-state index in [1.807, 2.05) is 24.3 Å². The summed E-state index contributed by atoms with van der Waals surface area (Å²) < 4.78 is 0. The minimum atomic E-state index is 0.855. The summed E-state index contributed by atoms with van der Waals surface area (Å²) in [4.78, 5) is 0. The maximum Gasteiger partial charge on any atom is 0.0441 e. The van der Waals surface area contributed by atoms with Gasteiger partial charge in [-0.25, -0.2) is 0 Å². The lowest BCUT2D eigenvalue weighted by atomic mass is 9.99. The topological polar surface area (TPSA) is 0 Å². The molecular weight excluding hydrogens is 180 g/mol. The van der Waals surface area contributed by atoms with Crippen molar-refractivity contribution in [3.63, 3.8) is 0 Å². The lowest BCUT2D eigenvalue weighted by molar-refractivity contribution is 1.26. The van der Waals surface area contributed by atoms with Crippen LogP contribution in [0.5, 0.6) is 0 Å². The molecule has 0 aromatic heterocycles. The molecule has 0 saturated carbocycles. The number of halogens is 1. The van der Waals surface area contributed by atoms with Crippen LogP contribution in [-0.4, -0.2) is 0 Å². The van der Waals surface area contributed by atoms with E-state index in [4.69, 9.17) is 11.6 Å². The number of rotatable bonds is 1. The predicted molar refractivity (Wildman–Crippen MR) is 57.3 cm³/mol. The normalized spacial score (nSPS) is 16.4. The van der Waals surface area contributed by atoms with Crippen LogP contribution in [0.3, 0.4) is 0 Å². The van der Waals surface area contributed by atoms with Gasteiger partial charge in [-0.15, -0.1) is 0 Å². The molecular formula is C12H10Cl. The Hall–Kier alpha value is -1.01. The van der Waals surface area contributed by atoms with Gasteiger partial charge >= 0.3 is 0 Å². The fourth-order valence-electron chi connectivity index (χ4n) is 1.40. The molecule has 1 heteroatoms. The van der Waals surface area contributed by atoms with Crippen molar-refractivity contribution in [2.45, 2.75) is 6.42 Å². The van der Waals surface area contributed by atoms with E-state index in [1.165, 1.54) is 5.56 Å². The Bertz CT molecular complexity index is 347. The predicted octanol–water partition coefficient (Wildman–Crippen LogP) is 3.80. The summed E-state index contributed by atoms with van der Waals surface area (Å²) in [5.41, 5.74) is 2.30. The Morgan fingerprint density at radius 3 is 2.54 bits per heavy atom. The van der Waals surface area contributed by atoms with E-state index in [0.29, 0.717) is 0 Å². The first kappa shape index (κ1) is 8.58. The first-order valence-corrected chi connectivity index (χ1v) is 4.70. The number of hydrogen-bond acceptors (Lipinski definition) is 0.